The first-order valence-electron chi connectivity index (χ1n) is 9.63. The average molecular weight is 373 g/mol. The predicted molar refractivity (Wildman–Crippen MR) is 107 cm³/mol. The molecule has 1 aromatic carbocycles. The quantitative estimate of drug-likeness (QED) is 0.252. The largest absolute Gasteiger partial charge is 0.468 e. The maximum atomic E-state index is 12.7. The molecule has 0 saturated carbocycles. The number of hydrogen-bond acceptors (Lipinski definition) is 4. The van der Waals surface area contributed by atoms with Gasteiger partial charge in [-0.25, -0.2) is 4.79 Å². The third-order valence-electron chi connectivity index (χ3n) is 5.49. The van der Waals surface area contributed by atoms with Crippen molar-refractivity contribution in [1.82, 2.24) is 0 Å². The summed E-state index contributed by atoms with van der Waals surface area (Å²) in [5.74, 6) is -0.494. The normalized spacial score (nSPS) is 19.7. The van der Waals surface area contributed by atoms with Crippen molar-refractivity contribution in [3.8, 4) is 0 Å². The topological polar surface area (TPSA) is 55.8 Å². The average Bonchev–Trinajstić information content (AvgIpc) is 2.63. The Morgan fingerprint density at radius 2 is 1.96 bits per heavy atom. The molecule has 148 valence electrons. The van der Waals surface area contributed by atoms with Gasteiger partial charge in [-0.1, -0.05) is 43.7 Å². The molecule has 1 N–H and O–H groups in total. The summed E-state index contributed by atoms with van der Waals surface area (Å²) in [5, 5.41) is 10.2. The second-order valence-electron chi connectivity index (χ2n) is 8.03. The number of aliphatic hydroxyl groups is 1. The van der Waals surface area contributed by atoms with E-state index in [1.165, 1.54) is 11.8 Å². The SMILES string of the molecule is CCOC(=O)/C(=C/OC(O)C(C)=C(C)C)C1CCC(C)(C)c2ccccc21. The maximum Gasteiger partial charge on any atom is 0.337 e. The molecule has 0 spiro atoms. The summed E-state index contributed by atoms with van der Waals surface area (Å²) in [7, 11) is 0. The van der Waals surface area contributed by atoms with E-state index in [2.05, 4.69) is 26.0 Å². The number of carbonyl (C=O) groups is 1. The van der Waals surface area contributed by atoms with Gasteiger partial charge in [0.05, 0.1) is 18.4 Å². The van der Waals surface area contributed by atoms with Crippen LogP contribution in [0, 0.1) is 0 Å². The molecule has 0 radical (unpaired) electrons. The monoisotopic (exact) mass is 372 g/mol. The van der Waals surface area contributed by atoms with Crippen molar-refractivity contribution in [3.05, 3.63) is 58.4 Å². The van der Waals surface area contributed by atoms with Crippen molar-refractivity contribution in [2.45, 2.75) is 72.0 Å². The minimum atomic E-state index is -1.07. The molecular formula is C23H32O4. The zero-order valence-corrected chi connectivity index (χ0v) is 17.3. The highest BCUT2D eigenvalue weighted by atomic mass is 16.6. The van der Waals surface area contributed by atoms with E-state index >= 15 is 0 Å². The molecule has 0 saturated heterocycles. The Bertz CT molecular complexity index is 739. The van der Waals surface area contributed by atoms with Gasteiger partial charge in [-0.3, -0.25) is 0 Å². The third kappa shape index (κ3) is 4.81. The predicted octanol–water partition coefficient (Wildman–Crippen LogP) is 4.98. The van der Waals surface area contributed by atoms with Gasteiger partial charge in [0, 0.05) is 5.92 Å². The minimum Gasteiger partial charge on any atom is -0.468 e. The summed E-state index contributed by atoms with van der Waals surface area (Å²) >= 11 is 0. The Hall–Kier alpha value is -2.07. The molecule has 0 aliphatic heterocycles. The van der Waals surface area contributed by atoms with Crippen molar-refractivity contribution < 1.29 is 19.4 Å². The zero-order chi connectivity index (χ0) is 20.2. The van der Waals surface area contributed by atoms with Crippen LogP contribution in [-0.2, 0) is 19.7 Å². The third-order valence-corrected chi connectivity index (χ3v) is 5.49. The fraction of sp³-hybridized carbons (Fsp3) is 0.522. The summed E-state index contributed by atoms with van der Waals surface area (Å²) in [4.78, 5) is 12.7. The van der Waals surface area contributed by atoms with Gasteiger partial charge in [-0.2, -0.15) is 0 Å². The highest BCUT2D eigenvalue weighted by Crippen LogP contribution is 2.45. The number of aliphatic hydroxyl groups excluding tert-OH is 1. The van der Waals surface area contributed by atoms with Crippen LogP contribution in [0.15, 0.2) is 47.2 Å². The second kappa shape index (κ2) is 8.75. The van der Waals surface area contributed by atoms with Crippen LogP contribution in [0.5, 0.6) is 0 Å². The highest BCUT2D eigenvalue weighted by molar-refractivity contribution is 5.90. The smallest absolute Gasteiger partial charge is 0.337 e. The van der Waals surface area contributed by atoms with Gasteiger partial charge in [0.1, 0.15) is 0 Å². The number of fused-ring (bicyclic) bond motifs is 1. The van der Waals surface area contributed by atoms with Crippen LogP contribution in [-0.4, -0.2) is 24.0 Å². The van der Waals surface area contributed by atoms with E-state index < -0.39 is 6.29 Å². The van der Waals surface area contributed by atoms with Gasteiger partial charge >= 0.3 is 5.97 Å². The van der Waals surface area contributed by atoms with Crippen LogP contribution in [0.2, 0.25) is 0 Å². The lowest BCUT2D eigenvalue weighted by molar-refractivity contribution is -0.139. The summed E-state index contributed by atoms with van der Waals surface area (Å²) in [6, 6.07) is 8.24. The van der Waals surface area contributed by atoms with Crippen molar-refractivity contribution in [2.75, 3.05) is 6.61 Å². The van der Waals surface area contributed by atoms with E-state index in [9.17, 15) is 9.90 Å². The summed E-state index contributed by atoms with van der Waals surface area (Å²) in [6.07, 6.45) is 2.11. The minimum absolute atomic E-state index is 0.0614. The summed E-state index contributed by atoms with van der Waals surface area (Å²) in [5.41, 5.74) is 4.62. The molecule has 1 aromatic rings. The van der Waals surface area contributed by atoms with Crippen LogP contribution in [0.4, 0.5) is 0 Å². The molecule has 2 unspecified atom stereocenters. The van der Waals surface area contributed by atoms with E-state index in [4.69, 9.17) is 9.47 Å². The number of allylic oxidation sites excluding steroid dienone is 1. The molecular weight excluding hydrogens is 340 g/mol. The van der Waals surface area contributed by atoms with Gasteiger partial charge in [0.2, 0.25) is 6.29 Å². The fourth-order valence-electron chi connectivity index (χ4n) is 3.51. The first-order chi connectivity index (χ1) is 12.7. The molecule has 1 aliphatic rings. The van der Waals surface area contributed by atoms with E-state index in [1.54, 1.807) is 6.92 Å². The van der Waals surface area contributed by atoms with Crippen molar-refractivity contribution in [1.29, 1.82) is 0 Å². The van der Waals surface area contributed by atoms with Crippen molar-refractivity contribution in [3.63, 3.8) is 0 Å². The number of rotatable bonds is 6. The first-order valence-corrected chi connectivity index (χ1v) is 9.63. The Labute approximate surface area is 162 Å². The van der Waals surface area contributed by atoms with Crippen LogP contribution in [0.3, 0.4) is 0 Å². The van der Waals surface area contributed by atoms with Gasteiger partial charge in [0.15, 0.2) is 0 Å². The molecule has 0 aromatic heterocycles. The van der Waals surface area contributed by atoms with E-state index in [0.717, 1.165) is 29.6 Å². The molecule has 2 atom stereocenters. The van der Waals surface area contributed by atoms with E-state index in [0.29, 0.717) is 12.2 Å². The molecule has 0 fully saturated rings. The Kier molecular flexibility index (Phi) is 6.88. The Morgan fingerprint density at radius 1 is 1.30 bits per heavy atom. The van der Waals surface area contributed by atoms with E-state index in [1.807, 2.05) is 32.9 Å². The van der Waals surface area contributed by atoms with Crippen molar-refractivity contribution >= 4 is 5.97 Å². The van der Waals surface area contributed by atoms with Crippen LogP contribution < -0.4 is 0 Å². The number of esters is 1. The molecule has 4 nitrogen and oxygen atoms in total. The number of ether oxygens (including phenoxy) is 2. The number of hydrogen-bond donors (Lipinski definition) is 1. The molecule has 0 bridgehead atoms. The van der Waals surface area contributed by atoms with Crippen LogP contribution in [0.1, 0.15) is 71.4 Å². The molecule has 0 heterocycles. The lowest BCUT2D eigenvalue weighted by Gasteiger charge is -2.37. The number of benzene rings is 1. The second-order valence-corrected chi connectivity index (χ2v) is 8.03. The summed E-state index contributed by atoms with van der Waals surface area (Å²) in [6.45, 7) is 12.2. The molecule has 0 amide bonds. The van der Waals surface area contributed by atoms with Gasteiger partial charge < -0.3 is 14.6 Å². The zero-order valence-electron chi connectivity index (χ0n) is 17.3. The molecule has 27 heavy (non-hydrogen) atoms. The number of carbonyl (C=O) groups excluding carboxylic acids is 1. The highest BCUT2D eigenvalue weighted by Gasteiger charge is 2.36. The lowest BCUT2D eigenvalue weighted by Crippen LogP contribution is -2.29. The first kappa shape index (κ1) is 21.2. The molecule has 2 rings (SSSR count). The van der Waals surface area contributed by atoms with Gasteiger partial charge in [-0.05, 0) is 62.7 Å². The van der Waals surface area contributed by atoms with Gasteiger partial charge in [0.25, 0.3) is 0 Å². The molecule has 1 aliphatic carbocycles. The molecule has 4 heteroatoms. The van der Waals surface area contributed by atoms with Crippen molar-refractivity contribution in [2.24, 2.45) is 0 Å². The Morgan fingerprint density at radius 3 is 2.59 bits per heavy atom. The lowest BCUT2D eigenvalue weighted by atomic mass is 9.67. The van der Waals surface area contributed by atoms with E-state index in [-0.39, 0.29) is 17.3 Å². The maximum absolute atomic E-state index is 12.7. The fourth-order valence-corrected chi connectivity index (χ4v) is 3.51. The Balaban J connectivity index is 2.42. The van der Waals surface area contributed by atoms with Gasteiger partial charge in [-0.15, -0.1) is 0 Å². The van der Waals surface area contributed by atoms with Crippen LogP contribution >= 0.6 is 0 Å². The van der Waals surface area contributed by atoms with Crippen LogP contribution in [0.25, 0.3) is 0 Å². The standard InChI is InChI=1S/C23H32O4/c1-7-26-22(25)19(14-27-21(24)16(4)15(2)3)17-12-13-23(5,6)20-11-9-8-10-18(17)20/h8-11,14,17,21,24H,7,12-13H2,1-6H3/b19-14+. The summed E-state index contributed by atoms with van der Waals surface area (Å²) < 4.78 is 10.8.